The van der Waals surface area contributed by atoms with Gasteiger partial charge in [-0.2, -0.15) is 5.26 Å². The predicted molar refractivity (Wildman–Crippen MR) is 85.3 cm³/mol. The molecule has 0 radical (unpaired) electrons. The second kappa shape index (κ2) is 5.76. The second-order valence-corrected chi connectivity index (χ2v) is 6.96. The van der Waals surface area contributed by atoms with Crippen molar-refractivity contribution in [3.63, 3.8) is 0 Å². The van der Waals surface area contributed by atoms with E-state index in [1.54, 1.807) is 12.1 Å². The third-order valence-corrected chi connectivity index (χ3v) is 4.93. The van der Waals surface area contributed by atoms with Crippen molar-refractivity contribution in [1.29, 1.82) is 5.26 Å². The van der Waals surface area contributed by atoms with Crippen LogP contribution < -0.4 is 10.5 Å². The topological polar surface area (TPSA) is 96.0 Å². The number of nitrogens with zero attached hydrogens (tertiary/aromatic N) is 1. The smallest absolute Gasteiger partial charge is 0.263 e. The highest BCUT2D eigenvalue weighted by Crippen LogP contribution is 2.28. The molecule has 0 aliphatic carbocycles. The SMILES string of the molecule is Cc1ccc(Br)c(NS(=O)(=O)c2ccc(C#N)cc2N)c1. The van der Waals surface area contributed by atoms with Gasteiger partial charge in [0, 0.05) is 4.47 Å². The summed E-state index contributed by atoms with van der Waals surface area (Å²) >= 11 is 3.30. The van der Waals surface area contributed by atoms with Gasteiger partial charge in [0.25, 0.3) is 10.0 Å². The van der Waals surface area contributed by atoms with Crippen molar-refractivity contribution in [2.45, 2.75) is 11.8 Å². The fourth-order valence-electron chi connectivity index (χ4n) is 1.78. The Balaban J connectivity index is 2.44. The molecule has 108 valence electrons. The molecular formula is C14H12BrN3O2S. The molecular weight excluding hydrogens is 354 g/mol. The van der Waals surface area contributed by atoms with Crippen molar-refractivity contribution < 1.29 is 8.42 Å². The van der Waals surface area contributed by atoms with Crippen LogP contribution in [0.15, 0.2) is 45.8 Å². The molecule has 0 aliphatic rings. The maximum atomic E-state index is 12.4. The highest BCUT2D eigenvalue weighted by atomic mass is 79.9. The van der Waals surface area contributed by atoms with E-state index in [1.165, 1.54) is 18.2 Å². The number of aryl methyl sites for hydroxylation is 1. The Hall–Kier alpha value is -2.04. The molecule has 0 aliphatic heterocycles. The van der Waals surface area contributed by atoms with Crippen LogP contribution in [0.25, 0.3) is 0 Å². The van der Waals surface area contributed by atoms with E-state index in [0.29, 0.717) is 15.7 Å². The van der Waals surface area contributed by atoms with Crippen molar-refractivity contribution in [3.8, 4) is 6.07 Å². The van der Waals surface area contributed by atoms with Crippen LogP contribution in [0.3, 0.4) is 0 Å². The van der Waals surface area contributed by atoms with Crippen molar-refractivity contribution in [3.05, 3.63) is 52.0 Å². The van der Waals surface area contributed by atoms with Gasteiger partial charge in [0.15, 0.2) is 0 Å². The molecule has 2 rings (SSSR count). The van der Waals surface area contributed by atoms with Gasteiger partial charge in [-0.15, -0.1) is 0 Å². The summed E-state index contributed by atoms with van der Waals surface area (Å²) in [4.78, 5) is -0.0603. The van der Waals surface area contributed by atoms with E-state index in [2.05, 4.69) is 20.7 Å². The first-order valence-electron chi connectivity index (χ1n) is 5.92. The largest absolute Gasteiger partial charge is 0.398 e. The van der Waals surface area contributed by atoms with Gasteiger partial charge in [-0.05, 0) is 58.7 Å². The molecule has 2 aromatic carbocycles. The van der Waals surface area contributed by atoms with Crippen LogP contribution in [0.1, 0.15) is 11.1 Å². The molecule has 5 nitrogen and oxygen atoms in total. The molecule has 2 aromatic rings. The van der Waals surface area contributed by atoms with Crippen molar-refractivity contribution in [2.75, 3.05) is 10.5 Å². The lowest BCUT2D eigenvalue weighted by Crippen LogP contribution is -2.15. The molecule has 0 saturated carbocycles. The first-order valence-corrected chi connectivity index (χ1v) is 8.20. The molecule has 0 heterocycles. The van der Waals surface area contributed by atoms with Crippen LogP contribution >= 0.6 is 15.9 Å². The lowest BCUT2D eigenvalue weighted by molar-refractivity contribution is 0.601. The number of benzene rings is 2. The van der Waals surface area contributed by atoms with Crippen LogP contribution in [0, 0.1) is 18.3 Å². The molecule has 0 saturated heterocycles. The van der Waals surface area contributed by atoms with E-state index >= 15 is 0 Å². The minimum Gasteiger partial charge on any atom is -0.398 e. The molecule has 7 heteroatoms. The minimum atomic E-state index is -3.82. The standard InChI is InChI=1S/C14H12BrN3O2S/c1-9-2-4-11(15)13(6-9)18-21(19,20)14-5-3-10(8-16)7-12(14)17/h2-7,18H,17H2,1H3. The zero-order chi connectivity index (χ0) is 15.6. The molecule has 3 N–H and O–H groups in total. The van der Waals surface area contributed by atoms with Gasteiger partial charge in [0.1, 0.15) is 4.90 Å². The number of sulfonamides is 1. The number of anilines is 2. The summed E-state index contributed by atoms with van der Waals surface area (Å²) in [6.45, 7) is 1.86. The Morgan fingerprint density at radius 1 is 1.24 bits per heavy atom. The fourth-order valence-corrected chi connectivity index (χ4v) is 3.44. The van der Waals surface area contributed by atoms with Gasteiger partial charge in [-0.25, -0.2) is 8.42 Å². The third kappa shape index (κ3) is 3.35. The normalized spacial score (nSPS) is 10.9. The van der Waals surface area contributed by atoms with Crippen LogP contribution in [0.2, 0.25) is 0 Å². The van der Waals surface area contributed by atoms with E-state index in [1.807, 2.05) is 19.1 Å². The van der Waals surface area contributed by atoms with Crippen LogP contribution in [0.5, 0.6) is 0 Å². The number of rotatable bonds is 3. The van der Waals surface area contributed by atoms with E-state index in [-0.39, 0.29) is 10.6 Å². The Morgan fingerprint density at radius 2 is 1.95 bits per heavy atom. The summed E-state index contributed by atoms with van der Waals surface area (Å²) in [7, 11) is -3.82. The minimum absolute atomic E-state index is 0.0327. The average Bonchev–Trinajstić information content (AvgIpc) is 2.42. The molecule has 0 spiro atoms. The lowest BCUT2D eigenvalue weighted by atomic mass is 10.2. The van der Waals surface area contributed by atoms with E-state index in [0.717, 1.165) is 5.56 Å². The van der Waals surface area contributed by atoms with Crippen molar-refractivity contribution >= 4 is 37.3 Å². The van der Waals surface area contributed by atoms with E-state index in [4.69, 9.17) is 11.0 Å². The first-order chi connectivity index (χ1) is 9.83. The van der Waals surface area contributed by atoms with E-state index in [9.17, 15) is 8.42 Å². The highest BCUT2D eigenvalue weighted by Gasteiger charge is 2.19. The molecule has 0 fully saturated rings. The Bertz CT molecular complexity index is 842. The van der Waals surface area contributed by atoms with Gasteiger partial charge < -0.3 is 5.73 Å². The van der Waals surface area contributed by atoms with Crippen LogP contribution in [-0.4, -0.2) is 8.42 Å². The number of hydrogen-bond acceptors (Lipinski definition) is 4. The summed E-state index contributed by atoms with van der Waals surface area (Å²) in [6, 6.07) is 11.3. The number of nitrogens with two attached hydrogens (primary N) is 1. The fraction of sp³-hybridized carbons (Fsp3) is 0.0714. The van der Waals surface area contributed by atoms with Gasteiger partial charge in [0.05, 0.1) is 23.0 Å². The quantitative estimate of drug-likeness (QED) is 0.817. The zero-order valence-electron chi connectivity index (χ0n) is 11.1. The number of halogens is 1. The summed E-state index contributed by atoms with van der Waals surface area (Å²) in [6.07, 6.45) is 0. The lowest BCUT2D eigenvalue weighted by Gasteiger charge is -2.12. The second-order valence-electron chi connectivity index (χ2n) is 4.45. The zero-order valence-corrected chi connectivity index (χ0v) is 13.5. The molecule has 0 atom stereocenters. The predicted octanol–water partition coefficient (Wildman–Crippen LogP) is 3.01. The average molecular weight is 366 g/mol. The van der Waals surface area contributed by atoms with Gasteiger partial charge in [-0.1, -0.05) is 6.07 Å². The maximum absolute atomic E-state index is 12.4. The van der Waals surface area contributed by atoms with Crippen LogP contribution in [0.4, 0.5) is 11.4 Å². The summed E-state index contributed by atoms with van der Waals surface area (Å²) in [5, 5.41) is 8.78. The van der Waals surface area contributed by atoms with Gasteiger partial charge in [-0.3, -0.25) is 4.72 Å². The third-order valence-electron chi connectivity index (χ3n) is 2.79. The Morgan fingerprint density at radius 3 is 2.57 bits per heavy atom. The molecule has 21 heavy (non-hydrogen) atoms. The molecule has 0 unspecified atom stereocenters. The molecule has 0 amide bonds. The number of nitriles is 1. The van der Waals surface area contributed by atoms with E-state index < -0.39 is 10.0 Å². The van der Waals surface area contributed by atoms with Crippen molar-refractivity contribution in [2.24, 2.45) is 0 Å². The van der Waals surface area contributed by atoms with Crippen molar-refractivity contribution in [1.82, 2.24) is 0 Å². The van der Waals surface area contributed by atoms with Gasteiger partial charge in [0.2, 0.25) is 0 Å². The molecule has 0 aromatic heterocycles. The summed E-state index contributed by atoms with van der Waals surface area (Å²) < 4.78 is 27.9. The first kappa shape index (κ1) is 15.4. The Kier molecular flexibility index (Phi) is 4.21. The monoisotopic (exact) mass is 365 g/mol. The summed E-state index contributed by atoms with van der Waals surface area (Å²) in [5.41, 5.74) is 7.41. The number of nitrogens with one attached hydrogen (secondary N) is 1. The number of nitrogen functional groups attached to an aromatic ring is 1. The summed E-state index contributed by atoms with van der Waals surface area (Å²) in [5.74, 6) is 0. The maximum Gasteiger partial charge on any atom is 0.263 e. The molecule has 0 bridgehead atoms. The Labute approximate surface area is 131 Å². The van der Waals surface area contributed by atoms with Crippen LogP contribution in [-0.2, 0) is 10.0 Å². The number of hydrogen-bond donors (Lipinski definition) is 2. The highest BCUT2D eigenvalue weighted by molar-refractivity contribution is 9.10. The van der Waals surface area contributed by atoms with Gasteiger partial charge >= 0.3 is 0 Å².